The molecule has 2 aliphatic rings. The molecule has 0 radical (unpaired) electrons. The summed E-state index contributed by atoms with van der Waals surface area (Å²) in [6.07, 6.45) is 6.11. The molecular formula is C23H33N5OS. The Morgan fingerprint density at radius 3 is 2.43 bits per heavy atom. The van der Waals surface area contributed by atoms with Crippen molar-refractivity contribution in [1.82, 2.24) is 19.7 Å². The number of hydrogen-bond acceptors (Lipinski definition) is 5. The second-order valence-electron chi connectivity index (χ2n) is 9.36. The van der Waals surface area contributed by atoms with Crippen LogP contribution in [0.5, 0.6) is 0 Å². The Kier molecular flexibility index (Phi) is 6.37. The van der Waals surface area contributed by atoms with Crippen LogP contribution in [0.25, 0.3) is 0 Å². The quantitative estimate of drug-likeness (QED) is 0.608. The van der Waals surface area contributed by atoms with E-state index in [1.807, 2.05) is 23.1 Å². The molecule has 7 heteroatoms. The summed E-state index contributed by atoms with van der Waals surface area (Å²) in [7, 11) is 0. The third kappa shape index (κ3) is 4.99. The van der Waals surface area contributed by atoms with Gasteiger partial charge in [-0.2, -0.15) is 0 Å². The fourth-order valence-electron chi connectivity index (χ4n) is 4.00. The van der Waals surface area contributed by atoms with E-state index in [0.717, 1.165) is 29.8 Å². The Balaban J connectivity index is 1.46. The Morgan fingerprint density at radius 2 is 1.80 bits per heavy atom. The van der Waals surface area contributed by atoms with Gasteiger partial charge >= 0.3 is 0 Å². The molecule has 0 bridgehead atoms. The third-order valence-corrected chi connectivity index (χ3v) is 6.74. The number of carbonyl (C=O) groups excluding carboxylic acids is 1. The number of hydrogen-bond donors (Lipinski definition) is 0. The van der Waals surface area contributed by atoms with Crippen molar-refractivity contribution in [2.24, 2.45) is 0 Å². The number of benzene rings is 1. The zero-order valence-electron chi connectivity index (χ0n) is 18.4. The van der Waals surface area contributed by atoms with Gasteiger partial charge in [-0.15, -0.1) is 10.2 Å². The van der Waals surface area contributed by atoms with Crippen LogP contribution in [0.2, 0.25) is 0 Å². The molecule has 2 aromatic rings. The first-order chi connectivity index (χ1) is 14.4. The van der Waals surface area contributed by atoms with E-state index in [-0.39, 0.29) is 11.4 Å². The van der Waals surface area contributed by atoms with Gasteiger partial charge in [0, 0.05) is 31.2 Å². The molecule has 1 saturated heterocycles. The number of rotatable bonds is 7. The normalized spacial score (nSPS) is 17.2. The highest BCUT2D eigenvalue weighted by molar-refractivity contribution is 7.99. The van der Waals surface area contributed by atoms with Crippen LogP contribution < -0.4 is 4.90 Å². The molecule has 1 aromatic heterocycles. The minimum absolute atomic E-state index is 0.140. The maximum Gasteiger partial charge on any atom is 0.233 e. The lowest BCUT2D eigenvalue weighted by atomic mass is 10.0. The van der Waals surface area contributed by atoms with E-state index in [4.69, 9.17) is 0 Å². The minimum Gasteiger partial charge on any atom is -0.341 e. The molecule has 4 rings (SSSR count). The highest BCUT2D eigenvalue weighted by atomic mass is 32.2. The van der Waals surface area contributed by atoms with Gasteiger partial charge in [0.15, 0.2) is 5.16 Å². The maximum absolute atomic E-state index is 13.2. The molecule has 1 amide bonds. The zero-order chi connectivity index (χ0) is 21.1. The number of amides is 1. The van der Waals surface area contributed by atoms with E-state index in [2.05, 4.69) is 52.6 Å². The van der Waals surface area contributed by atoms with E-state index in [0.29, 0.717) is 18.3 Å². The fraction of sp³-hybridized carbons (Fsp3) is 0.609. The number of aromatic nitrogens is 3. The topological polar surface area (TPSA) is 54.3 Å². The van der Waals surface area contributed by atoms with Crippen molar-refractivity contribution >= 4 is 23.6 Å². The van der Waals surface area contributed by atoms with Crippen LogP contribution in [0.3, 0.4) is 0 Å². The van der Waals surface area contributed by atoms with E-state index in [9.17, 15) is 4.79 Å². The zero-order valence-corrected chi connectivity index (χ0v) is 19.2. The van der Waals surface area contributed by atoms with E-state index < -0.39 is 0 Å². The van der Waals surface area contributed by atoms with Crippen molar-refractivity contribution in [2.45, 2.75) is 76.2 Å². The lowest BCUT2D eigenvalue weighted by molar-refractivity contribution is -0.133. The molecule has 30 heavy (non-hydrogen) atoms. The van der Waals surface area contributed by atoms with Crippen LogP contribution >= 0.6 is 11.8 Å². The first kappa shape index (κ1) is 21.2. The number of thioether (sulfide) groups is 1. The molecule has 1 saturated carbocycles. The van der Waals surface area contributed by atoms with Crippen LogP contribution in [0.1, 0.15) is 64.5 Å². The molecule has 1 aliphatic carbocycles. The van der Waals surface area contributed by atoms with Gasteiger partial charge in [0.05, 0.1) is 5.75 Å². The molecule has 2 heterocycles. The van der Waals surface area contributed by atoms with Crippen LogP contribution in [-0.2, 0) is 11.3 Å². The molecule has 0 unspecified atom stereocenters. The summed E-state index contributed by atoms with van der Waals surface area (Å²) in [6, 6.07) is 10.7. The molecule has 0 spiro atoms. The summed E-state index contributed by atoms with van der Waals surface area (Å²) in [5.74, 6) is 1.53. The third-order valence-electron chi connectivity index (χ3n) is 5.82. The van der Waals surface area contributed by atoms with Gasteiger partial charge in [-0.1, -0.05) is 42.1 Å². The van der Waals surface area contributed by atoms with Crippen LogP contribution in [0, 0.1) is 0 Å². The number of carbonyl (C=O) groups is 1. The minimum atomic E-state index is -0.239. The average molecular weight is 428 g/mol. The molecule has 6 nitrogen and oxygen atoms in total. The smallest absolute Gasteiger partial charge is 0.233 e. The standard InChI is InChI=1S/C23H33N5OS/c1-23(2,3)27(16-18-10-6-4-7-11-18)20(29)17-30-22-25-24-21(28(22)19-12-13-19)26-14-8-5-9-15-26/h4,6-7,10-11,19H,5,8-9,12-17H2,1-3H3. The Morgan fingerprint density at radius 1 is 1.10 bits per heavy atom. The number of piperidine rings is 1. The maximum atomic E-state index is 13.2. The summed E-state index contributed by atoms with van der Waals surface area (Å²) in [5.41, 5.74) is 0.913. The van der Waals surface area contributed by atoms with Gasteiger partial charge in [-0.25, -0.2) is 0 Å². The highest BCUT2D eigenvalue weighted by Crippen LogP contribution is 2.41. The van der Waals surface area contributed by atoms with E-state index in [1.165, 1.54) is 43.9 Å². The lowest BCUT2D eigenvalue weighted by Gasteiger charge is -2.36. The summed E-state index contributed by atoms with van der Waals surface area (Å²) in [6.45, 7) is 9.03. The van der Waals surface area contributed by atoms with Crippen molar-refractivity contribution in [3.63, 3.8) is 0 Å². The molecule has 1 aliphatic heterocycles. The van der Waals surface area contributed by atoms with E-state index in [1.54, 1.807) is 0 Å². The average Bonchev–Trinajstić information content (AvgIpc) is 3.49. The highest BCUT2D eigenvalue weighted by Gasteiger charge is 2.33. The summed E-state index contributed by atoms with van der Waals surface area (Å²) < 4.78 is 2.29. The second-order valence-corrected chi connectivity index (χ2v) is 10.3. The second kappa shape index (κ2) is 9.00. The predicted octanol–water partition coefficient (Wildman–Crippen LogP) is 4.52. The molecule has 0 atom stereocenters. The van der Waals surface area contributed by atoms with Crippen molar-refractivity contribution in [1.29, 1.82) is 0 Å². The SMILES string of the molecule is CC(C)(C)N(Cc1ccccc1)C(=O)CSc1nnc(N2CCCCC2)n1C1CC1. The largest absolute Gasteiger partial charge is 0.341 e. The summed E-state index contributed by atoms with van der Waals surface area (Å²) >= 11 is 1.53. The lowest BCUT2D eigenvalue weighted by Crippen LogP contribution is -2.45. The van der Waals surface area contributed by atoms with Gasteiger partial charge in [-0.3, -0.25) is 9.36 Å². The monoisotopic (exact) mass is 427 g/mol. The molecule has 2 fully saturated rings. The van der Waals surface area contributed by atoms with Crippen LogP contribution in [0.4, 0.5) is 5.95 Å². The first-order valence-electron chi connectivity index (χ1n) is 11.1. The van der Waals surface area contributed by atoms with Crippen LogP contribution in [0.15, 0.2) is 35.5 Å². The number of nitrogens with zero attached hydrogens (tertiary/aromatic N) is 5. The van der Waals surface area contributed by atoms with Crippen molar-refractivity contribution in [3.05, 3.63) is 35.9 Å². The van der Waals surface area contributed by atoms with Gasteiger partial charge in [0.25, 0.3) is 0 Å². The molecule has 162 valence electrons. The van der Waals surface area contributed by atoms with Crippen molar-refractivity contribution < 1.29 is 4.79 Å². The van der Waals surface area contributed by atoms with Gasteiger partial charge in [0.1, 0.15) is 0 Å². The Bertz CT molecular complexity index is 850. The molecular weight excluding hydrogens is 394 g/mol. The Hall–Kier alpha value is -2.02. The summed E-state index contributed by atoms with van der Waals surface area (Å²) in [5, 5.41) is 9.92. The van der Waals surface area contributed by atoms with Crippen molar-refractivity contribution in [2.75, 3.05) is 23.7 Å². The number of anilines is 1. The van der Waals surface area contributed by atoms with E-state index >= 15 is 0 Å². The Labute approximate surface area is 184 Å². The van der Waals surface area contributed by atoms with Gasteiger partial charge in [0.2, 0.25) is 11.9 Å². The van der Waals surface area contributed by atoms with Gasteiger partial charge in [-0.05, 0) is 58.4 Å². The molecule has 1 aromatic carbocycles. The fourth-order valence-corrected chi connectivity index (χ4v) is 4.88. The van der Waals surface area contributed by atoms with Crippen LogP contribution in [-0.4, -0.2) is 50.0 Å². The molecule has 0 N–H and O–H groups in total. The first-order valence-corrected chi connectivity index (χ1v) is 12.1. The van der Waals surface area contributed by atoms with Crippen molar-refractivity contribution in [3.8, 4) is 0 Å². The van der Waals surface area contributed by atoms with Gasteiger partial charge < -0.3 is 9.80 Å². The summed E-state index contributed by atoms with van der Waals surface area (Å²) in [4.78, 5) is 17.6. The predicted molar refractivity (Wildman–Crippen MR) is 122 cm³/mol.